The van der Waals surface area contributed by atoms with Crippen molar-refractivity contribution in [3.05, 3.63) is 24.0 Å². The number of alkyl halides is 1. The van der Waals surface area contributed by atoms with Crippen molar-refractivity contribution in [3.8, 4) is 5.75 Å². The van der Waals surface area contributed by atoms with Crippen molar-refractivity contribution in [2.45, 2.75) is 5.88 Å². The summed E-state index contributed by atoms with van der Waals surface area (Å²) < 4.78 is 12.8. The molecule has 1 aromatic heterocycles. The van der Waals surface area contributed by atoms with Crippen molar-refractivity contribution in [1.82, 2.24) is 9.66 Å². The van der Waals surface area contributed by atoms with Gasteiger partial charge in [0.1, 0.15) is 11.6 Å². The van der Waals surface area contributed by atoms with E-state index in [-0.39, 0.29) is 0 Å². The zero-order valence-corrected chi connectivity index (χ0v) is 11.6. The van der Waals surface area contributed by atoms with Crippen LogP contribution in [-0.2, 0) is 10.6 Å². The molecule has 6 heteroatoms. The normalized spacial score (nSPS) is 16.0. The number of nitrogens with zero attached hydrogens (tertiary/aromatic N) is 3. The van der Waals surface area contributed by atoms with Crippen molar-refractivity contribution in [2.24, 2.45) is 0 Å². The lowest BCUT2D eigenvalue weighted by Crippen LogP contribution is -2.44. The second kappa shape index (κ2) is 5.27. The van der Waals surface area contributed by atoms with Crippen molar-refractivity contribution in [1.29, 1.82) is 0 Å². The number of benzene rings is 1. The average Bonchev–Trinajstić information content (AvgIpc) is 2.85. The van der Waals surface area contributed by atoms with E-state index in [1.165, 1.54) is 0 Å². The Morgan fingerprint density at radius 1 is 1.37 bits per heavy atom. The molecule has 1 aromatic carbocycles. The molecule has 0 radical (unpaired) electrons. The molecule has 1 aliphatic rings. The summed E-state index contributed by atoms with van der Waals surface area (Å²) in [6.07, 6.45) is 0. The number of hydrogen-bond acceptors (Lipinski definition) is 4. The van der Waals surface area contributed by atoms with Crippen molar-refractivity contribution in [2.75, 3.05) is 38.4 Å². The van der Waals surface area contributed by atoms with E-state index in [0.717, 1.165) is 48.9 Å². The summed E-state index contributed by atoms with van der Waals surface area (Å²) in [5, 5.41) is 2.22. The van der Waals surface area contributed by atoms with Gasteiger partial charge in [0.15, 0.2) is 0 Å². The number of methoxy groups -OCH3 is 1. The van der Waals surface area contributed by atoms with Crippen LogP contribution in [0.25, 0.3) is 11.0 Å². The molecule has 0 saturated carbocycles. The van der Waals surface area contributed by atoms with Crippen molar-refractivity contribution < 1.29 is 9.47 Å². The summed E-state index contributed by atoms with van der Waals surface area (Å²) in [5.74, 6) is 2.06. The summed E-state index contributed by atoms with van der Waals surface area (Å²) in [6, 6.07) is 5.87. The van der Waals surface area contributed by atoms with Crippen molar-refractivity contribution in [3.63, 3.8) is 0 Å². The van der Waals surface area contributed by atoms with Crippen LogP contribution >= 0.6 is 11.6 Å². The quantitative estimate of drug-likeness (QED) is 0.804. The molecule has 3 rings (SSSR count). The van der Waals surface area contributed by atoms with Crippen LogP contribution < -0.4 is 9.75 Å². The third kappa shape index (κ3) is 2.24. The highest BCUT2D eigenvalue weighted by molar-refractivity contribution is 6.16. The Bertz CT molecular complexity index is 579. The maximum absolute atomic E-state index is 6.02. The zero-order chi connectivity index (χ0) is 13.2. The highest BCUT2D eigenvalue weighted by Crippen LogP contribution is 2.23. The van der Waals surface area contributed by atoms with E-state index >= 15 is 0 Å². The lowest BCUT2D eigenvalue weighted by atomic mass is 10.3. The first-order valence-electron chi connectivity index (χ1n) is 6.28. The molecule has 5 nitrogen and oxygen atoms in total. The molecular weight excluding hydrogens is 266 g/mol. The smallest absolute Gasteiger partial charge is 0.143 e. The molecule has 102 valence electrons. The predicted octanol–water partition coefficient (Wildman–Crippen LogP) is 1.75. The Kier molecular flexibility index (Phi) is 3.48. The van der Waals surface area contributed by atoms with E-state index in [4.69, 9.17) is 21.1 Å². The third-order valence-corrected chi connectivity index (χ3v) is 3.53. The molecule has 0 N–H and O–H groups in total. The topological polar surface area (TPSA) is 39.5 Å². The number of halogens is 1. The van der Waals surface area contributed by atoms with Crippen LogP contribution in [0.2, 0.25) is 0 Å². The van der Waals surface area contributed by atoms with Gasteiger partial charge in [-0.3, -0.25) is 0 Å². The van der Waals surface area contributed by atoms with Crippen LogP contribution in [0.1, 0.15) is 5.82 Å². The van der Waals surface area contributed by atoms with Gasteiger partial charge < -0.3 is 14.5 Å². The monoisotopic (exact) mass is 281 g/mol. The van der Waals surface area contributed by atoms with Gasteiger partial charge in [-0.25, -0.2) is 9.66 Å². The van der Waals surface area contributed by atoms with Gasteiger partial charge >= 0.3 is 0 Å². The van der Waals surface area contributed by atoms with Gasteiger partial charge in [0.2, 0.25) is 0 Å². The number of rotatable bonds is 3. The van der Waals surface area contributed by atoms with Crippen LogP contribution in [0.3, 0.4) is 0 Å². The van der Waals surface area contributed by atoms with Crippen LogP contribution in [0, 0.1) is 0 Å². The summed E-state index contributed by atoms with van der Waals surface area (Å²) in [6.45, 7) is 3.13. The van der Waals surface area contributed by atoms with E-state index in [1.54, 1.807) is 7.11 Å². The summed E-state index contributed by atoms with van der Waals surface area (Å²) in [7, 11) is 1.67. The standard InChI is InChI=1S/C13H16ClN3O2/c1-18-10-2-3-11-12(8-10)17(13(9-14)15-11)16-4-6-19-7-5-16/h2-3,8H,4-7,9H2,1H3. The maximum atomic E-state index is 6.02. The van der Waals surface area contributed by atoms with Crippen molar-refractivity contribution >= 4 is 22.6 Å². The second-order valence-electron chi connectivity index (χ2n) is 4.39. The minimum absolute atomic E-state index is 0.383. The molecule has 1 saturated heterocycles. The molecule has 2 heterocycles. The van der Waals surface area contributed by atoms with E-state index in [2.05, 4.69) is 14.7 Å². The minimum Gasteiger partial charge on any atom is -0.497 e. The largest absolute Gasteiger partial charge is 0.497 e. The molecule has 19 heavy (non-hydrogen) atoms. The van der Waals surface area contributed by atoms with E-state index in [1.807, 2.05) is 18.2 Å². The first kappa shape index (κ1) is 12.6. The van der Waals surface area contributed by atoms with Crippen LogP contribution in [0.4, 0.5) is 0 Å². The zero-order valence-electron chi connectivity index (χ0n) is 10.8. The van der Waals surface area contributed by atoms with E-state index in [0.29, 0.717) is 5.88 Å². The number of hydrogen-bond donors (Lipinski definition) is 0. The molecule has 0 aliphatic carbocycles. The van der Waals surface area contributed by atoms with Crippen LogP contribution in [0.5, 0.6) is 5.75 Å². The summed E-state index contributed by atoms with van der Waals surface area (Å²) >= 11 is 6.02. The van der Waals surface area contributed by atoms with Gasteiger partial charge in [0, 0.05) is 6.07 Å². The molecular formula is C13H16ClN3O2. The number of ether oxygens (including phenoxy) is 2. The molecule has 1 fully saturated rings. The fraction of sp³-hybridized carbons (Fsp3) is 0.462. The number of fused-ring (bicyclic) bond motifs is 1. The first-order chi connectivity index (χ1) is 9.33. The summed E-state index contributed by atoms with van der Waals surface area (Å²) in [5.41, 5.74) is 1.96. The Morgan fingerprint density at radius 2 is 2.16 bits per heavy atom. The molecule has 0 spiro atoms. The second-order valence-corrected chi connectivity index (χ2v) is 4.66. The molecule has 1 aliphatic heterocycles. The Balaban J connectivity index is 2.12. The fourth-order valence-electron chi connectivity index (χ4n) is 2.38. The SMILES string of the molecule is COc1ccc2nc(CCl)n(N3CCOCC3)c2c1. The van der Waals surface area contributed by atoms with Crippen LogP contribution in [-0.4, -0.2) is 43.1 Å². The highest BCUT2D eigenvalue weighted by atomic mass is 35.5. The first-order valence-corrected chi connectivity index (χ1v) is 6.81. The molecule has 0 unspecified atom stereocenters. The minimum atomic E-state index is 0.383. The third-order valence-electron chi connectivity index (χ3n) is 3.29. The molecule has 0 amide bonds. The molecule has 2 aromatic rings. The lowest BCUT2D eigenvalue weighted by Gasteiger charge is -2.31. The van der Waals surface area contributed by atoms with Crippen LogP contribution in [0.15, 0.2) is 18.2 Å². The van der Waals surface area contributed by atoms with Gasteiger partial charge in [-0.2, -0.15) is 0 Å². The van der Waals surface area contributed by atoms with Gasteiger partial charge in [-0.1, -0.05) is 0 Å². The fourth-order valence-corrected chi connectivity index (χ4v) is 2.55. The van der Waals surface area contributed by atoms with Gasteiger partial charge in [0.05, 0.1) is 50.3 Å². The summed E-state index contributed by atoms with van der Waals surface area (Å²) in [4.78, 5) is 4.57. The van der Waals surface area contributed by atoms with E-state index < -0.39 is 0 Å². The Labute approximate surface area is 116 Å². The van der Waals surface area contributed by atoms with Gasteiger partial charge in [-0.05, 0) is 12.1 Å². The number of imidazole rings is 1. The highest BCUT2D eigenvalue weighted by Gasteiger charge is 2.18. The van der Waals surface area contributed by atoms with Gasteiger partial charge in [0.25, 0.3) is 0 Å². The van der Waals surface area contributed by atoms with E-state index in [9.17, 15) is 0 Å². The number of morpholine rings is 1. The average molecular weight is 282 g/mol. The number of aromatic nitrogens is 2. The molecule has 0 atom stereocenters. The van der Waals surface area contributed by atoms with Gasteiger partial charge in [-0.15, -0.1) is 11.6 Å². The maximum Gasteiger partial charge on any atom is 0.143 e. The molecule has 0 bridgehead atoms. The predicted molar refractivity (Wildman–Crippen MR) is 74.6 cm³/mol. The Hall–Kier alpha value is -1.46. The Morgan fingerprint density at radius 3 is 2.84 bits per heavy atom. The lowest BCUT2D eigenvalue weighted by molar-refractivity contribution is 0.111.